The van der Waals surface area contributed by atoms with E-state index in [2.05, 4.69) is 62.3 Å². The van der Waals surface area contributed by atoms with Gasteiger partial charge < -0.3 is 15.5 Å². The summed E-state index contributed by atoms with van der Waals surface area (Å²) in [7, 11) is 6.07. The SMILES string of the molecule is CCCCCC(C)NC(=NC)NCC(C)(C)CN(C)C.I. The van der Waals surface area contributed by atoms with E-state index in [1.807, 2.05) is 7.05 Å². The van der Waals surface area contributed by atoms with Gasteiger partial charge in [0.15, 0.2) is 5.96 Å². The third kappa shape index (κ3) is 13.4. The van der Waals surface area contributed by atoms with Crippen molar-refractivity contribution in [2.75, 3.05) is 34.2 Å². The molecule has 0 spiro atoms. The molecule has 0 aliphatic rings. The second kappa shape index (κ2) is 12.5. The topological polar surface area (TPSA) is 39.7 Å². The van der Waals surface area contributed by atoms with E-state index in [1.54, 1.807) is 0 Å². The maximum atomic E-state index is 4.32. The van der Waals surface area contributed by atoms with Crippen LogP contribution >= 0.6 is 24.0 Å². The summed E-state index contributed by atoms with van der Waals surface area (Å²) in [6, 6.07) is 0.477. The van der Waals surface area contributed by atoms with Crippen molar-refractivity contribution in [3.63, 3.8) is 0 Å². The first-order valence-electron chi connectivity index (χ1n) is 7.92. The summed E-state index contributed by atoms with van der Waals surface area (Å²) in [6.45, 7) is 11.0. The molecule has 5 heteroatoms. The zero-order valence-electron chi connectivity index (χ0n) is 15.1. The molecule has 0 saturated heterocycles. The van der Waals surface area contributed by atoms with Crippen LogP contribution in [0.3, 0.4) is 0 Å². The van der Waals surface area contributed by atoms with E-state index in [0.29, 0.717) is 6.04 Å². The van der Waals surface area contributed by atoms with E-state index < -0.39 is 0 Å². The third-order valence-corrected chi connectivity index (χ3v) is 3.33. The predicted molar refractivity (Wildman–Crippen MR) is 106 cm³/mol. The van der Waals surface area contributed by atoms with Gasteiger partial charge >= 0.3 is 0 Å². The lowest BCUT2D eigenvalue weighted by molar-refractivity contribution is 0.241. The lowest BCUT2D eigenvalue weighted by Gasteiger charge is -2.29. The largest absolute Gasteiger partial charge is 0.356 e. The van der Waals surface area contributed by atoms with Gasteiger partial charge in [-0.3, -0.25) is 4.99 Å². The van der Waals surface area contributed by atoms with Crippen molar-refractivity contribution in [3.05, 3.63) is 0 Å². The molecule has 0 saturated carbocycles. The van der Waals surface area contributed by atoms with Gasteiger partial charge in [-0.1, -0.05) is 40.0 Å². The van der Waals surface area contributed by atoms with Gasteiger partial charge in [0.1, 0.15) is 0 Å². The first-order chi connectivity index (χ1) is 9.30. The normalized spacial score (nSPS) is 13.8. The Morgan fingerprint density at radius 2 is 1.86 bits per heavy atom. The molecule has 0 aromatic carbocycles. The van der Waals surface area contributed by atoms with Gasteiger partial charge in [0.2, 0.25) is 0 Å². The van der Waals surface area contributed by atoms with Crippen molar-refractivity contribution in [1.29, 1.82) is 0 Å². The highest BCUT2D eigenvalue weighted by Crippen LogP contribution is 2.14. The molecule has 0 radical (unpaired) electrons. The average Bonchev–Trinajstić information content (AvgIpc) is 2.33. The summed E-state index contributed by atoms with van der Waals surface area (Å²) in [5.41, 5.74) is 0.229. The van der Waals surface area contributed by atoms with Crippen LogP contribution in [0, 0.1) is 5.41 Å². The molecule has 0 aliphatic heterocycles. The van der Waals surface area contributed by atoms with Crippen LogP contribution in [0.15, 0.2) is 4.99 Å². The maximum Gasteiger partial charge on any atom is 0.191 e. The van der Waals surface area contributed by atoms with Gasteiger partial charge in [-0.25, -0.2) is 0 Å². The summed E-state index contributed by atoms with van der Waals surface area (Å²) >= 11 is 0. The van der Waals surface area contributed by atoms with Crippen LogP contribution in [0.2, 0.25) is 0 Å². The van der Waals surface area contributed by atoms with E-state index in [0.717, 1.165) is 19.0 Å². The molecule has 0 bridgehead atoms. The molecule has 128 valence electrons. The summed E-state index contributed by atoms with van der Waals surface area (Å²) in [5.74, 6) is 0.917. The number of hydrogen-bond donors (Lipinski definition) is 2. The van der Waals surface area contributed by atoms with Crippen LogP contribution in [0.4, 0.5) is 0 Å². The Labute approximate surface area is 149 Å². The Morgan fingerprint density at radius 3 is 2.33 bits per heavy atom. The van der Waals surface area contributed by atoms with Crippen molar-refractivity contribution < 1.29 is 0 Å². The van der Waals surface area contributed by atoms with Gasteiger partial charge in [-0.15, -0.1) is 24.0 Å². The predicted octanol–water partition coefficient (Wildman–Crippen LogP) is 3.33. The van der Waals surface area contributed by atoms with Gasteiger partial charge in [0.25, 0.3) is 0 Å². The summed E-state index contributed by atoms with van der Waals surface area (Å²) < 4.78 is 0. The van der Waals surface area contributed by atoms with Gasteiger partial charge in [0.05, 0.1) is 0 Å². The van der Waals surface area contributed by atoms with E-state index in [4.69, 9.17) is 0 Å². The molecule has 0 amide bonds. The summed E-state index contributed by atoms with van der Waals surface area (Å²) in [4.78, 5) is 6.55. The molecule has 1 unspecified atom stereocenters. The van der Waals surface area contributed by atoms with E-state index in [-0.39, 0.29) is 29.4 Å². The minimum absolute atomic E-state index is 0. The molecule has 0 aromatic heterocycles. The fraction of sp³-hybridized carbons (Fsp3) is 0.938. The first kappa shape index (κ1) is 23.2. The van der Waals surface area contributed by atoms with Crippen molar-refractivity contribution in [1.82, 2.24) is 15.5 Å². The number of hydrogen-bond acceptors (Lipinski definition) is 2. The average molecular weight is 412 g/mol. The number of nitrogens with zero attached hydrogens (tertiary/aromatic N) is 2. The first-order valence-corrected chi connectivity index (χ1v) is 7.92. The molecule has 0 aromatic rings. The molecule has 0 fully saturated rings. The van der Waals surface area contributed by atoms with E-state index >= 15 is 0 Å². The van der Waals surface area contributed by atoms with Crippen LogP contribution in [-0.2, 0) is 0 Å². The molecule has 4 nitrogen and oxygen atoms in total. The number of nitrogens with one attached hydrogen (secondary N) is 2. The molecule has 21 heavy (non-hydrogen) atoms. The second-order valence-electron chi connectivity index (χ2n) is 6.87. The zero-order valence-corrected chi connectivity index (χ0v) is 17.5. The van der Waals surface area contributed by atoms with Crippen LogP contribution in [0.5, 0.6) is 0 Å². The fourth-order valence-corrected chi connectivity index (χ4v) is 2.44. The zero-order chi connectivity index (χ0) is 15.6. The Bertz CT molecular complexity index is 277. The molecule has 0 heterocycles. The minimum Gasteiger partial charge on any atom is -0.356 e. The second-order valence-corrected chi connectivity index (χ2v) is 6.87. The highest BCUT2D eigenvalue weighted by atomic mass is 127. The molecular weight excluding hydrogens is 375 g/mol. The van der Waals surface area contributed by atoms with Crippen LogP contribution < -0.4 is 10.6 Å². The van der Waals surface area contributed by atoms with Crippen molar-refractivity contribution in [3.8, 4) is 0 Å². The highest BCUT2D eigenvalue weighted by Gasteiger charge is 2.19. The number of aliphatic imine (C=N–C) groups is 1. The molecule has 0 rings (SSSR count). The Balaban J connectivity index is 0. The molecular formula is C16H37IN4. The summed E-state index contributed by atoms with van der Waals surface area (Å²) in [5, 5.41) is 6.93. The van der Waals surface area contributed by atoms with Gasteiger partial charge in [0, 0.05) is 26.2 Å². The Kier molecular flexibility index (Phi) is 13.8. The van der Waals surface area contributed by atoms with Crippen molar-refractivity contribution in [2.45, 2.75) is 59.4 Å². The number of unbranched alkanes of at least 4 members (excludes halogenated alkanes) is 2. The number of halogens is 1. The molecule has 2 N–H and O–H groups in total. The molecule has 0 aliphatic carbocycles. The lowest BCUT2D eigenvalue weighted by atomic mass is 9.93. The van der Waals surface area contributed by atoms with Gasteiger partial charge in [-0.2, -0.15) is 0 Å². The monoisotopic (exact) mass is 412 g/mol. The highest BCUT2D eigenvalue weighted by molar-refractivity contribution is 14.0. The van der Waals surface area contributed by atoms with Gasteiger partial charge in [-0.05, 0) is 32.9 Å². The Morgan fingerprint density at radius 1 is 1.24 bits per heavy atom. The number of rotatable bonds is 9. The van der Waals surface area contributed by atoms with Crippen LogP contribution in [0.1, 0.15) is 53.4 Å². The standard InChI is InChI=1S/C16H36N4.HI/c1-8-9-10-11-14(2)19-15(17-5)18-12-16(3,4)13-20(6)7;/h14H,8-13H2,1-7H3,(H2,17,18,19);1H. The van der Waals surface area contributed by atoms with E-state index in [1.165, 1.54) is 25.7 Å². The molecule has 1 atom stereocenters. The minimum atomic E-state index is 0. The van der Waals surface area contributed by atoms with Crippen LogP contribution in [0.25, 0.3) is 0 Å². The Hall–Kier alpha value is -0.0400. The quantitative estimate of drug-likeness (QED) is 0.264. The van der Waals surface area contributed by atoms with Crippen molar-refractivity contribution >= 4 is 29.9 Å². The lowest BCUT2D eigenvalue weighted by Crippen LogP contribution is -2.47. The maximum absolute atomic E-state index is 4.32. The van der Waals surface area contributed by atoms with Crippen LogP contribution in [-0.4, -0.2) is 51.1 Å². The summed E-state index contributed by atoms with van der Waals surface area (Å²) in [6.07, 6.45) is 5.08. The van der Waals surface area contributed by atoms with Crippen molar-refractivity contribution in [2.24, 2.45) is 10.4 Å². The smallest absolute Gasteiger partial charge is 0.191 e. The number of guanidine groups is 1. The van der Waals surface area contributed by atoms with E-state index in [9.17, 15) is 0 Å². The third-order valence-electron chi connectivity index (χ3n) is 3.33. The fourth-order valence-electron chi connectivity index (χ4n) is 2.44.